The quantitative estimate of drug-likeness (QED) is 0.859. The number of ether oxygens (including phenoxy) is 1. The number of nitrogens with one attached hydrogen (secondary N) is 1. The monoisotopic (exact) mass is 279 g/mol. The third-order valence-corrected chi connectivity index (χ3v) is 3.65. The van der Waals surface area contributed by atoms with Crippen molar-refractivity contribution < 1.29 is 14.6 Å². The molecule has 20 heavy (non-hydrogen) atoms. The molecule has 1 atom stereocenters. The molecule has 1 aliphatic heterocycles. The lowest BCUT2D eigenvalue weighted by atomic mass is 9.82. The van der Waals surface area contributed by atoms with E-state index in [2.05, 4.69) is 29.1 Å². The molecular formula is C14H21N3O3. The molecule has 6 heteroatoms. The van der Waals surface area contributed by atoms with E-state index in [-0.39, 0.29) is 17.2 Å². The van der Waals surface area contributed by atoms with E-state index in [1.165, 1.54) is 18.8 Å². The van der Waals surface area contributed by atoms with Crippen molar-refractivity contribution in [1.29, 1.82) is 0 Å². The zero-order valence-electron chi connectivity index (χ0n) is 11.9. The SMILES string of the molecule is CC(C)(CNc1cnc(C(=O)O)cn1)C1CCCCO1. The first kappa shape index (κ1) is 14.7. The molecule has 2 rings (SSSR count). The summed E-state index contributed by atoms with van der Waals surface area (Å²) in [5.74, 6) is -0.487. The van der Waals surface area contributed by atoms with E-state index in [4.69, 9.17) is 9.84 Å². The van der Waals surface area contributed by atoms with Gasteiger partial charge in [0, 0.05) is 18.6 Å². The number of aromatic carboxylic acids is 1. The summed E-state index contributed by atoms with van der Waals surface area (Å²) in [6.07, 6.45) is 6.38. The molecule has 0 spiro atoms. The van der Waals surface area contributed by atoms with Gasteiger partial charge in [0.15, 0.2) is 5.69 Å². The molecule has 0 bridgehead atoms. The Morgan fingerprint density at radius 1 is 1.45 bits per heavy atom. The largest absolute Gasteiger partial charge is 0.476 e. The van der Waals surface area contributed by atoms with E-state index in [1.54, 1.807) is 0 Å². The van der Waals surface area contributed by atoms with E-state index in [9.17, 15) is 4.79 Å². The molecule has 1 fully saturated rings. The minimum absolute atomic E-state index is 0.00638. The van der Waals surface area contributed by atoms with Crippen molar-refractivity contribution in [2.24, 2.45) is 5.41 Å². The summed E-state index contributed by atoms with van der Waals surface area (Å²) in [7, 11) is 0. The number of carboxylic acid groups (broad SMARTS) is 1. The Balaban J connectivity index is 1.91. The van der Waals surface area contributed by atoms with Crippen molar-refractivity contribution in [3.8, 4) is 0 Å². The number of carbonyl (C=O) groups is 1. The van der Waals surface area contributed by atoms with E-state index in [0.717, 1.165) is 19.4 Å². The van der Waals surface area contributed by atoms with Crippen LogP contribution < -0.4 is 5.32 Å². The Hall–Kier alpha value is -1.69. The van der Waals surface area contributed by atoms with Crippen molar-refractivity contribution in [2.45, 2.75) is 39.2 Å². The lowest BCUT2D eigenvalue weighted by Crippen LogP contribution is -2.39. The van der Waals surface area contributed by atoms with Gasteiger partial charge in [-0.3, -0.25) is 0 Å². The van der Waals surface area contributed by atoms with E-state index in [0.29, 0.717) is 12.4 Å². The second-order valence-electron chi connectivity index (χ2n) is 5.79. The smallest absolute Gasteiger partial charge is 0.356 e. The van der Waals surface area contributed by atoms with Crippen LogP contribution >= 0.6 is 0 Å². The van der Waals surface area contributed by atoms with Crippen LogP contribution in [0.4, 0.5) is 5.82 Å². The van der Waals surface area contributed by atoms with Gasteiger partial charge >= 0.3 is 5.97 Å². The molecule has 1 aliphatic rings. The number of anilines is 1. The third-order valence-electron chi connectivity index (χ3n) is 3.65. The van der Waals surface area contributed by atoms with Crippen LogP contribution in [0.2, 0.25) is 0 Å². The van der Waals surface area contributed by atoms with Gasteiger partial charge in [0.2, 0.25) is 0 Å². The first-order chi connectivity index (χ1) is 9.49. The third kappa shape index (κ3) is 3.66. The summed E-state index contributed by atoms with van der Waals surface area (Å²) >= 11 is 0. The molecule has 6 nitrogen and oxygen atoms in total. The van der Waals surface area contributed by atoms with Gasteiger partial charge in [0.25, 0.3) is 0 Å². The van der Waals surface area contributed by atoms with Gasteiger partial charge in [-0.15, -0.1) is 0 Å². The lowest BCUT2D eigenvalue weighted by molar-refractivity contribution is -0.0494. The molecule has 1 saturated heterocycles. The molecule has 110 valence electrons. The van der Waals surface area contributed by atoms with E-state index in [1.807, 2.05) is 0 Å². The number of carboxylic acids is 1. The molecule has 0 aromatic carbocycles. The molecule has 1 aromatic rings. The zero-order valence-corrected chi connectivity index (χ0v) is 11.9. The zero-order chi connectivity index (χ0) is 14.6. The number of hydrogen-bond acceptors (Lipinski definition) is 5. The second kappa shape index (κ2) is 6.17. The predicted octanol–water partition coefficient (Wildman–Crippen LogP) is 2.18. The van der Waals surface area contributed by atoms with Crippen LogP contribution in [-0.4, -0.2) is 40.3 Å². The van der Waals surface area contributed by atoms with Crippen LogP contribution in [0.5, 0.6) is 0 Å². The highest BCUT2D eigenvalue weighted by molar-refractivity contribution is 5.84. The Labute approximate surface area is 118 Å². The molecule has 1 aromatic heterocycles. The molecule has 0 radical (unpaired) electrons. The van der Waals surface area contributed by atoms with Crippen LogP contribution in [0, 0.1) is 5.41 Å². The summed E-state index contributed by atoms with van der Waals surface area (Å²) in [6.45, 7) is 5.87. The predicted molar refractivity (Wildman–Crippen MR) is 74.9 cm³/mol. The topological polar surface area (TPSA) is 84.3 Å². The highest BCUT2D eigenvalue weighted by Crippen LogP contribution is 2.30. The summed E-state index contributed by atoms with van der Waals surface area (Å²) < 4.78 is 5.83. The summed E-state index contributed by atoms with van der Waals surface area (Å²) in [5, 5.41) is 12.0. The van der Waals surface area contributed by atoms with Crippen LogP contribution in [0.25, 0.3) is 0 Å². The van der Waals surface area contributed by atoms with Crippen LogP contribution in [0.1, 0.15) is 43.6 Å². The fourth-order valence-corrected chi connectivity index (χ4v) is 2.32. The standard InChI is InChI=1S/C14H21N3O3/c1-14(2,11-5-3-4-6-20-11)9-17-12-8-15-10(7-16-12)13(18)19/h7-8,11H,3-6,9H2,1-2H3,(H,16,17)(H,18,19). The Morgan fingerprint density at radius 3 is 2.80 bits per heavy atom. The average Bonchev–Trinajstić information content (AvgIpc) is 2.46. The Kier molecular flexibility index (Phi) is 4.54. The van der Waals surface area contributed by atoms with Crippen molar-refractivity contribution in [2.75, 3.05) is 18.5 Å². The van der Waals surface area contributed by atoms with Gasteiger partial charge in [-0.05, 0) is 19.3 Å². The number of aromatic nitrogens is 2. The lowest BCUT2D eigenvalue weighted by Gasteiger charge is -2.37. The minimum Gasteiger partial charge on any atom is -0.476 e. The minimum atomic E-state index is -1.07. The summed E-state index contributed by atoms with van der Waals surface area (Å²) in [4.78, 5) is 18.6. The molecule has 1 unspecified atom stereocenters. The number of nitrogens with zero attached hydrogens (tertiary/aromatic N) is 2. The van der Waals surface area contributed by atoms with Gasteiger partial charge < -0.3 is 15.2 Å². The second-order valence-corrected chi connectivity index (χ2v) is 5.79. The number of hydrogen-bond donors (Lipinski definition) is 2. The summed E-state index contributed by atoms with van der Waals surface area (Å²) in [6, 6.07) is 0. The van der Waals surface area contributed by atoms with Crippen LogP contribution in [0.15, 0.2) is 12.4 Å². The average molecular weight is 279 g/mol. The maximum atomic E-state index is 10.7. The molecule has 2 heterocycles. The van der Waals surface area contributed by atoms with Crippen LogP contribution in [0.3, 0.4) is 0 Å². The van der Waals surface area contributed by atoms with E-state index >= 15 is 0 Å². The Morgan fingerprint density at radius 2 is 2.25 bits per heavy atom. The Bertz CT molecular complexity index is 453. The van der Waals surface area contributed by atoms with Crippen molar-refractivity contribution >= 4 is 11.8 Å². The maximum Gasteiger partial charge on any atom is 0.356 e. The van der Waals surface area contributed by atoms with Crippen molar-refractivity contribution in [3.63, 3.8) is 0 Å². The van der Waals surface area contributed by atoms with Gasteiger partial charge in [-0.2, -0.15) is 0 Å². The molecule has 0 aliphatic carbocycles. The molecule has 0 saturated carbocycles. The normalized spacial score (nSPS) is 19.6. The first-order valence-corrected chi connectivity index (χ1v) is 6.90. The van der Waals surface area contributed by atoms with Gasteiger partial charge in [-0.25, -0.2) is 14.8 Å². The highest BCUT2D eigenvalue weighted by atomic mass is 16.5. The highest BCUT2D eigenvalue weighted by Gasteiger charge is 2.31. The van der Waals surface area contributed by atoms with Crippen molar-refractivity contribution in [1.82, 2.24) is 9.97 Å². The number of rotatable bonds is 5. The van der Waals surface area contributed by atoms with Gasteiger partial charge in [-0.1, -0.05) is 13.8 Å². The fraction of sp³-hybridized carbons (Fsp3) is 0.643. The maximum absolute atomic E-state index is 10.7. The molecule has 0 amide bonds. The fourth-order valence-electron chi connectivity index (χ4n) is 2.32. The van der Waals surface area contributed by atoms with Crippen LogP contribution in [-0.2, 0) is 4.74 Å². The van der Waals surface area contributed by atoms with Gasteiger partial charge in [0.1, 0.15) is 5.82 Å². The summed E-state index contributed by atoms with van der Waals surface area (Å²) in [5.41, 5.74) is -0.0569. The van der Waals surface area contributed by atoms with E-state index < -0.39 is 5.97 Å². The molecular weight excluding hydrogens is 258 g/mol. The van der Waals surface area contributed by atoms with Crippen molar-refractivity contribution in [3.05, 3.63) is 18.1 Å². The molecule has 2 N–H and O–H groups in total. The van der Waals surface area contributed by atoms with Gasteiger partial charge in [0.05, 0.1) is 18.5 Å². The first-order valence-electron chi connectivity index (χ1n) is 6.90.